The van der Waals surface area contributed by atoms with Crippen LogP contribution in [0.25, 0.3) is 0 Å². The SMILES string of the molecule is CC(C)CN1C[C@H](OCc2cccc(F)c2)CN(C(=O)c2ccncc2)CC1=O. The molecule has 2 amide bonds. The van der Waals surface area contributed by atoms with Gasteiger partial charge in [-0.3, -0.25) is 14.6 Å². The summed E-state index contributed by atoms with van der Waals surface area (Å²) in [6.45, 7) is 5.58. The topological polar surface area (TPSA) is 62.7 Å². The quantitative estimate of drug-likeness (QED) is 0.749. The van der Waals surface area contributed by atoms with Gasteiger partial charge in [-0.1, -0.05) is 26.0 Å². The second-order valence-corrected chi connectivity index (χ2v) is 7.68. The first-order valence-corrected chi connectivity index (χ1v) is 9.75. The van der Waals surface area contributed by atoms with E-state index in [-0.39, 0.29) is 43.4 Å². The van der Waals surface area contributed by atoms with Crippen LogP contribution in [0, 0.1) is 11.7 Å². The lowest BCUT2D eigenvalue weighted by Gasteiger charge is -2.26. The molecule has 2 heterocycles. The molecule has 0 unspecified atom stereocenters. The molecule has 0 radical (unpaired) electrons. The van der Waals surface area contributed by atoms with Crippen LogP contribution < -0.4 is 0 Å². The standard InChI is InChI=1S/C22H26FN3O3/c1-16(2)11-25-12-20(29-15-17-4-3-5-19(23)10-17)13-26(14-21(25)27)22(28)18-6-8-24-9-7-18/h3-10,16,20H,11-15H2,1-2H3/t20-/m0/s1. The molecule has 6 nitrogen and oxygen atoms in total. The van der Waals surface area contributed by atoms with Gasteiger partial charge in [0, 0.05) is 37.6 Å². The monoisotopic (exact) mass is 399 g/mol. The second kappa shape index (κ2) is 9.60. The van der Waals surface area contributed by atoms with Gasteiger partial charge in [-0.25, -0.2) is 4.39 Å². The minimum atomic E-state index is -0.366. The van der Waals surface area contributed by atoms with Crippen molar-refractivity contribution >= 4 is 11.8 Å². The zero-order chi connectivity index (χ0) is 20.8. The fraction of sp³-hybridized carbons (Fsp3) is 0.409. The molecule has 1 aromatic heterocycles. The third-order valence-electron chi connectivity index (χ3n) is 4.70. The number of hydrogen-bond acceptors (Lipinski definition) is 4. The fourth-order valence-corrected chi connectivity index (χ4v) is 3.37. The third-order valence-corrected chi connectivity index (χ3v) is 4.70. The summed E-state index contributed by atoms with van der Waals surface area (Å²) in [7, 11) is 0. The molecule has 1 saturated heterocycles. The normalized spacial score (nSPS) is 17.5. The number of rotatable bonds is 6. The van der Waals surface area contributed by atoms with Crippen LogP contribution in [0.5, 0.6) is 0 Å². The maximum Gasteiger partial charge on any atom is 0.254 e. The lowest BCUT2D eigenvalue weighted by atomic mass is 10.2. The summed E-state index contributed by atoms with van der Waals surface area (Å²) < 4.78 is 19.5. The van der Waals surface area contributed by atoms with Crippen molar-refractivity contribution in [2.24, 2.45) is 5.92 Å². The summed E-state index contributed by atoms with van der Waals surface area (Å²) in [5.41, 5.74) is 1.19. The average Bonchev–Trinajstić information content (AvgIpc) is 2.85. The van der Waals surface area contributed by atoms with Gasteiger partial charge in [0.25, 0.3) is 5.91 Å². The summed E-state index contributed by atoms with van der Waals surface area (Å²) in [4.78, 5) is 32.9. The van der Waals surface area contributed by atoms with Crippen molar-refractivity contribution in [3.05, 3.63) is 65.7 Å². The summed E-state index contributed by atoms with van der Waals surface area (Å²) in [5, 5.41) is 0. The van der Waals surface area contributed by atoms with Crippen molar-refractivity contribution in [2.45, 2.75) is 26.6 Å². The fourth-order valence-electron chi connectivity index (χ4n) is 3.37. The molecular formula is C22H26FN3O3. The lowest BCUT2D eigenvalue weighted by molar-refractivity contribution is -0.132. The number of aromatic nitrogens is 1. The Morgan fingerprint density at radius 1 is 1.24 bits per heavy atom. The molecule has 7 heteroatoms. The smallest absolute Gasteiger partial charge is 0.254 e. The minimum absolute atomic E-state index is 0.00764. The Labute approximate surface area is 170 Å². The van der Waals surface area contributed by atoms with E-state index in [0.717, 1.165) is 0 Å². The molecule has 1 fully saturated rings. The number of benzene rings is 1. The van der Waals surface area contributed by atoms with Crippen molar-refractivity contribution in [2.75, 3.05) is 26.2 Å². The number of halogens is 1. The van der Waals surface area contributed by atoms with Crippen molar-refractivity contribution in [1.29, 1.82) is 0 Å². The van der Waals surface area contributed by atoms with Crippen molar-refractivity contribution < 1.29 is 18.7 Å². The highest BCUT2D eigenvalue weighted by Crippen LogP contribution is 2.15. The van der Waals surface area contributed by atoms with Crippen LogP contribution in [-0.2, 0) is 16.1 Å². The molecule has 3 rings (SSSR count). The number of hydrogen-bond donors (Lipinski definition) is 0. The van der Waals surface area contributed by atoms with Gasteiger partial charge in [0.2, 0.25) is 5.91 Å². The van der Waals surface area contributed by atoms with Crippen molar-refractivity contribution in [3.63, 3.8) is 0 Å². The zero-order valence-corrected chi connectivity index (χ0v) is 16.8. The van der Waals surface area contributed by atoms with E-state index >= 15 is 0 Å². The Hall–Kier alpha value is -2.80. The zero-order valence-electron chi connectivity index (χ0n) is 16.8. The Morgan fingerprint density at radius 2 is 2.00 bits per heavy atom. The number of ether oxygens (including phenoxy) is 1. The molecule has 0 N–H and O–H groups in total. The predicted molar refractivity (Wildman–Crippen MR) is 107 cm³/mol. The van der Waals surface area contributed by atoms with E-state index in [4.69, 9.17) is 4.74 Å². The molecule has 1 aliphatic rings. The van der Waals surface area contributed by atoms with E-state index in [9.17, 15) is 14.0 Å². The Bertz CT molecular complexity index is 844. The number of amides is 2. The molecule has 1 aliphatic heterocycles. The predicted octanol–water partition coefficient (Wildman–Crippen LogP) is 2.75. The van der Waals surface area contributed by atoms with Crippen LogP contribution in [0.2, 0.25) is 0 Å². The molecule has 2 aromatic rings. The summed E-state index contributed by atoms with van der Waals surface area (Å²) in [6.07, 6.45) is 2.74. The van der Waals surface area contributed by atoms with E-state index in [1.807, 2.05) is 13.8 Å². The van der Waals surface area contributed by atoms with Crippen molar-refractivity contribution in [3.8, 4) is 0 Å². The Kier molecular flexibility index (Phi) is 6.93. The van der Waals surface area contributed by atoms with Gasteiger partial charge in [-0.15, -0.1) is 0 Å². The van der Waals surface area contributed by atoms with Crippen molar-refractivity contribution in [1.82, 2.24) is 14.8 Å². The molecular weight excluding hydrogens is 373 g/mol. The minimum Gasteiger partial charge on any atom is -0.370 e. The van der Waals surface area contributed by atoms with Gasteiger partial charge in [-0.05, 0) is 35.7 Å². The van der Waals surface area contributed by atoms with Crippen LogP contribution in [0.15, 0.2) is 48.8 Å². The Morgan fingerprint density at radius 3 is 2.69 bits per heavy atom. The number of carbonyl (C=O) groups excluding carboxylic acids is 2. The summed E-state index contributed by atoms with van der Waals surface area (Å²) in [6, 6.07) is 9.49. The molecule has 1 aromatic carbocycles. The molecule has 29 heavy (non-hydrogen) atoms. The lowest BCUT2D eigenvalue weighted by Crippen LogP contribution is -2.40. The van der Waals surface area contributed by atoms with Crippen LogP contribution in [0.1, 0.15) is 29.8 Å². The van der Waals surface area contributed by atoms with Gasteiger partial charge >= 0.3 is 0 Å². The number of nitrogens with zero attached hydrogens (tertiary/aromatic N) is 3. The third kappa shape index (κ3) is 5.84. The van der Waals surface area contributed by atoms with E-state index < -0.39 is 0 Å². The van der Waals surface area contributed by atoms with Crippen LogP contribution in [0.3, 0.4) is 0 Å². The van der Waals surface area contributed by atoms with Gasteiger partial charge in [0.15, 0.2) is 0 Å². The summed E-state index contributed by atoms with van der Waals surface area (Å²) in [5.74, 6) is -0.354. The second-order valence-electron chi connectivity index (χ2n) is 7.68. The molecule has 0 spiro atoms. The van der Waals surface area contributed by atoms with Crippen LogP contribution in [0.4, 0.5) is 4.39 Å². The molecule has 0 bridgehead atoms. The van der Waals surface area contributed by atoms with E-state index in [0.29, 0.717) is 30.1 Å². The van der Waals surface area contributed by atoms with Gasteiger partial charge < -0.3 is 14.5 Å². The summed E-state index contributed by atoms with van der Waals surface area (Å²) >= 11 is 0. The highest BCUT2D eigenvalue weighted by Gasteiger charge is 2.31. The first kappa shape index (κ1) is 20.9. The number of carbonyl (C=O) groups is 2. The molecule has 0 saturated carbocycles. The first-order chi connectivity index (χ1) is 13.9. The van der Waals surface area contributed by atoms with Gasteiger partial charge in [-0.2, -0.15) is 0 Å². The van der Waals surface area contributed by atoms with Crippen LogP contribution >= 0.6 is 0 Å². The van der Waals surface area contributed by atoms with E-state index in [1.165, 1.54) is 17.0 Å². The highest BCUT2D eigenvalue weighted by atomic mass is 19.1. The highest BCUT2D eigenvalue weighted by molar-refractivity contribution is 5.96. The Balaban J connectivity index is 1.76. The van der Waals surface area contributed by atoms with Gasteiger partial charge in [0.05, 0.1) is 12.7 Å². The van der Waals surface area contributed by atoms with E-state index in [2.05, 4.69) is 4.98 Å². The largest absolute Gasteiger partial charge is 0.370 e. The van der Waals surface area contributed by atoms with Gasteiger partial charge in [0.1, 0.15) is 12.4 Å². The van der Waals surface area contributed by atoms with E-state index in [1.54, 1.807) is 41.6 Å². The number of pyridine rings is 1. The average molecular weight is 399 g/mol. The molecule has 0 aliphatic carbocycles. The maximum atomic E-state index is 13.4. The first-order valence-electron chi connectivity index (χ1n) is 9.75. The molecule has 154 valence electrons. The van der Waals surface area contributed by atoms with Crippen LogP contribution in [-0.4, -0.2) is 58.9 Å². The molecule has 1 atom stereocenters. The maximum absolute atomic E-state index is 13.4.